The van der Waals surface area contributed by atoms with E-state index in [0.717, 1.165) is 61.6 Å². The molecule has 438 valence electrons. The number of nitrogens with two attached hydrogens (primary N) is 1. The number of carbonyl (C=O) groups is 2. The van der Waals surface area contributed by atoms with Crippen molar-refractivity contribution < 1.29 is 86.3 Å². The number of carbonyl (C=O) groups excluding carboxylic acids is 2. The summed E-state index contributed by atoms with van der Waals surface area (Å²) in [7, 11) is -11.3. The first-order valence-electron chi connectivity index (χ1n) is 27.6. The monoisotopic (exact) mass is 1120 g/mol. The second-order valence-electron chi connectivity index (χ2n) is 20.4. The minimum absolute atomic E-state index is 0.00202. The number of hydrogen-bond acceptors (Lipinski definition) is 19. The molecule has 0 aromatic carbocycles. The van der Waals surface area contributed by atoms with Gasteiger partial charge in [-0.05, 0) is 44.1 Å². The maximum absolute atomic E-state index is 13.4. The molecule has 0 aliphatic carbocycles. The summed E-state index contributed by atoms with van der Waals surface area (Å²) in [5.74, 6) is -2.07. The van der Waals surface area contributed by atoms with Crippen LogP contribution in [0.5, 0.6) is 0 Å². The molecule has 1 aromatic rings. The van der Waals surface area contributed by atoms with Crippen molar-refractivity contribution >= 4 is 33.4 Å². The van der Waals surface area contributed by atoms with E-state index in [9.17, 15) is 58.8 Å². The van der Waals surface area contributed by atoms with Crippen LogP contribution in [0, 0.1) is 11.8 Å². The summed E-state index contributed by atoms with van der Waals surface area (Å²) in [5, 5.41) is 56.9. The SMILES string of the molecule is CCCCC[C@H](O)/C=C/[C@H]1OC(O)C[C@H](O)[C@@H]2CC=CCCCC(=O)OC[C@@H](OC(=O)CCCCCCCCCCCCCCCCC(C)C)COP(=O)(O)OP(=O)(O)OC[C@@H](O[C@H]2n2ccc(N)nc2=O)[C@@H](O)[C@H]1O. The Hall–Kier alpha value is -2.92. The first kappa shape index (κ1) is 67.4. The maximum Gasteiger partial charge on any atom is 0.481 e. The van der Waals surface area contributed by atoms with Crippen molar-refractivity contribution in [3.05, 3.63) is 47.1 Å². The van der Waals surface area contributed by atoms with Gasteiger partial charge in [-0.25, -0.2) is 13.9 Å². The molecule has 1 fully saturated rings. The summed E-state index contributed by atoms with van der Waals surface area (Å²) < 4.78 is 64.9. The molecular formula is C52H91N3O19P2. The largest absolute Gasteiger partial charge is 0.481 e. The Kier molecular flexibility index (Phi) is 32.9. The van der Waals surface area contributed by atoms with Crippen molar-refractivity contribution in [3.63, 3.8) is 0 Å². The number of cyclic esters (lactones) is 1. The fourth-order valence-corrected chi connectivity index (χ4v) is 11.0. The molecule has 2 aliphatic heterocycles. The van der Waals surface area contributed by atoms with Crippen LogP contribution in [0.4, 0.5) is 5.82 Å². The van der Waals surface area contributed by atoms with E-state index in [4.69, 9.17) is 33.7 Å². The Morgan fingerprint density at radius 2 is 1.43 bits per heavy atom. The topological polar surface area (TPSA) is 335 Å². The van der Waals surface area contributed by atoms with Crippen LogP contribution in [0.2, 0.25) is 0 Å². The van der Waals surface area contributed by atoms with Gasteiger partial charge in [-0.15, -0.1) is 0 Å². The molecule has 1 aromatic heterocycles. The maximum atomic E-state index is 13.4. The number of nitrogens with zero attached hydrogens (tertiary/aromatic N) is 2. The number of allylic oxidation sites excluding steroid dienone is 2. The molecule has 24 heteroatoms. The van der Waals surface area contributed by atoms with Crippen molar-refractivity contribution in [1.82, 2.24) is 9.55 Å². The van der Waals surface area contributed by atoms with Gasteiger partial charge in [0.1, 0.15) is 43.1 Å². The fourth-order valence-electron chi connectivity index (χ4n) is 8.88. The minimum atomic E-state index is -5.74. The number of esters is 2. The van der Waals surface area contributed by atoms with Gasteiger partial charge in [-0.2, -0.15) is 9.29 Å². The average Bonchev–Trinajstić information content (AvgIpc) is 3.35. The molecule has 3 rings (SSSR count). The van der Waals surface area contributed by atoms with Crippen molar-refractivity contribution in [2.24, 2.45) is 11.8 Å². The summed E-state index contributed by atoms with van der Waals surface area (Å²) in [4.78, 5) is 64.4. The zero-order chi connectivity index (χ0) is 55.9. The Balaban J connectivity index is 1.76. The number of unbranched alkanes of at least 4 members (excludes halogenated alkanes) is 15. The molecule has 0 amide bonds. The van der Waals surface area contributed by atoms with E-state index in [1.807, 2.05) is 6.92 Å². The molecule has 12 atom stereocenters. The smallest absolute Gasteiger partial charge is 0.462 e. The van der Waals surface area contributed by atoms with Gasteiger partial charge in [0, 0.05) is 31.4 Å². The summed E-state index contributed by atoms with van der Waals surface area (Å²) in [5.41, 5.74) is 4.76. The zero-order valence-electron chi connectivity index (χ0n) is 45.0. The molecule has 3 unspecified atom stereocenters. The Bertz CT molecular complexity index is 2010. The third-order valence-electron chi connectivity index (χ3n) is 13.3. The standard InChI is InChI=1S/C52H91N3O19P2/c1-4-5-20-26-39(56)30-31-43-49(61)50(62)44-37-70-76(66,67)74-75(64,65)69-36-40(71-47(59)29-24-17-15-13-11-9-7-6-8-10-12-14-16-21-25-38(2)3)35-68-46(58)28-23-19-18-22-27-41(42(57)34-48(60)72-43)51(73-44)55-33-32-45(53)54-52(55)63/h18,22,30-33,38-44,48-51,56-57,60-62H,4-17,19-21,23-29,34-37H2,1-3H3,(H,64,65)(H,66,67)(H2,53,54,63)/b22-18?,31-30+/t39-,40+,41-,42-,43+,44+,48?,49-,50+,51+/m0/s1. The van der Waals surface area contributed by atoms with E-state index in [0.29, 0.717) is 19.3 Å². The quantitative estimate of drug-likeness (QED) is 0.0201. The fraction of sp³-hybridized carbons (Fsp3) is 0.808. The van der Waals surface area contributed by atoms with Crippen LogP contribution in [0.25, 0.3) is 0 Å². The summed E-state index contributed by atoms with van der Waals surface area (Å²) in [6, 6.07) is 1.23. The number of hydrogen-bond donors (Lipinski definition) is 8. The summed E-state index contributed by atoms with van der Waals surface area (Å²) >= 11 is 0. The number of fused-ring (bicyclic) bond motifs is 3. The van der Waals surface area contributed by atoms with Gasteiger partial charge in [-0.3, -0.25) is 23.2 Å². The highest BCUT2D eigenvalue weighted by Crippen LogP contribution is 2.60. The zero-order valence-corrected chi connectivity index (χ0v) is 46.8. The highest BCUT2D eigenvalue weighted by molar-refractivity contribution is 7.61. The lowest BCUT2D eigenvalue weighted by Gasteiger charge is -2.36. The molecule has 76 heavy (non-hydrogen) atoms. The normalized spacial score (nSPS) is 29.6. The molecular weight excluding hydrogens is 1030 g/mol. The minimum Gasteiger partial charge on any atom is -0.462 e. The lowest BCUT2D eigenvalue weighted by atomic mass is 9.92. The Morgan fingerprint density at radius 1 is 0.829 bits per heavy atom. The van der Waals surface area contributed by atoms with Gasteiger partial charge in [0.25, 0.3) is 0 Å². The third-order valence-corrected chi connectivity index (χ3v) is 15.9. The molecule has 0 saturated carbocycles. The lowest BCUT2D eigenvalue weighted by Crippen LogP contribution is -2.49. The highest BCUT2D eigenvalue weighted by Gasteiger charge is 2.44. The van der Waals surface area contributed by atoms with Gasteiger partial charge in [0.05, 0.1) is 25.4 Å². The molecule has 22 nitrogen and oxygen atoms in total. The van der Waals surface area contributed by atoms with Crippen molar-refractivity contribution in [2.75, 3.05) is 25.6 Å². The van der Waals surface area contributed by atoms with Crippen LogP contribution >= 0.6 is 15.6 Å². The molecule has 1 saturated heterocycles. The van der Waals surface area contributed by atoms with E-state index in [1.54, 1.807) is 12.2 Å². The van der Waals surface area contributed by atoms with E-state index >= 15 is 0 Å². The number of rotatable bonds is 25. The van der Waals surface area contributed by atoms with Crippen molar-refractivity contribution in [1.29, 1.82) is 0 Å². The van der Waals surface area contributed by atoms with Crippen molar-refractivity contribution in [2.45, 2.75) is 237 Å². The number of phosphoric acid groups is 2. The number of phosphoric ester groups is 2. The second kappa shape index (κ2) is 37.1. The van der Waals surface area contributed by atoms with E-state index in [1.165, 1.54) is 76.0 Å². The third kappa shape index (κ3) is 28.3. The van der Waals surface area contributed by atoms with E-state index in [2.05, 4.69) is 23.1 Å². The number of anilines is 1. The predicted molar refractivity (Wildman–Crippen MR) is 283 cm³/mol. The van der Waals surface area contributed by atoms with Gasteiger partial charge in [0.15, 0.2) is 12.4 Å². The predicted octanol–water partition coefficient (Wildman–Crippen LogP) is 7.75. The number of aliphatic hydroxyl groups is 5. The average molecular weight is 1120 g/mol. The molecule has 2 bridgehead atoms. The Labute approximate surface area is 448 Å². The van der Waals surface area contributed by atoms with Gasteiger partial charge in [0.2, 0.25) is 0 Å². The van der Waals surface area contributed by atoms with E-state index < -0.39 is 121 Å². The van der Waals surface area contributed by atoms with Gasteiger partial charge in [-0.1, -0.05) is 154 Å². The van der Waals surface area contributed by atoms with Crippen LogP contribution in [0.15, 0.2) is 41.4 Å². The number of ether oxygens (including phenoxy) is 4. The molecule has 0 radical (unpaired) electrons. The lowest BCUT2D eigenvalue weighted by molar-refractivity contribution is -0.192. The van der Waals surface area contributed by atoms with Crippen molar-refractivity contribution in [3.8, 4) is 0 Å². The van der Waals surface area contributed by atoms with Crippen LogP contribution in [0.1, 0.15) is 188 Å². The van der Waals surface area contributed by atoms with E-state index in [-0.39, 0.29) is 37.9 Å². The summed E-state index contributed by atoms with van der Waals surface area (Å²) in [6.07, 6.45) is 10.9. The highest BCUT2D eigenvalue weighted by atomic mass is 31.3. The van der Waals surface area contributed by atoms with Crippen LogP contribution in [0.3, 0.4) is 0 Å². The second-order valence-corrected chi connectivity index (χ2v) is 23.5. The molecule has 9 N–H and O–H groups in total. The molecule has 2 aliphatic rings. The molecule has 3 heterocycles. The van der Waals surface area contributed by atoms with Crippen LogP contribution < -0.4 is 11.4 Å². The van der Waals surface area contributed by atoms with Crippen LogP contribution in [-0.2, 0) is 51.0 Å². The number of aliphatic hydroxyl groups excluding tert-OH is 5. The summed E-state index contributed by atoms with van der Waals surface area (Å²) in [6.45, 7) is 3.75. The van der Waals surface area contributed by atoms with Gasteiger partial charge >= 0.3 is 33.3 Å². The Morgan fingerprint density at radius 3 is 2.05 bits per heavy atom. The molecule has 0 spiro atoms. The van der Waals surface area contributed by atoms with Gasteiger partial charge < -0.3 is 60.0 Å². The first-order valence-corrected chi connectivity index (χ1v) is 30.6. The number of nitrogen functional groups attached to an aromatic ring is 1. The number of aromatic nitrogens is 2. The van der Waals surface area contributed by atoms with Crippen LogP contribution in [-0.4, -0.2) is 126 Å². The first-order chi connectivity index (χ1) is 36.2.